The number of nitrogens with zero attached hydrogens (tertiary/aromatic N) is 2. The van der Waals surface area contributed by atoms with E-state index in [0.717, 1.165) is 11.3 Å². The third-order valence-corrected chi connectivity index (χ3v) is 2.67. The highest BCUT2D eigenvalue weighted by atomic mass is 35.5. The Morgan fingerprint density at radius 3 is 2.86 bits per heavy atom. The van der Waals surface area contributed by atoms with Gasteiger partial charge >= 0.3 is 6.09 Å². The van der Waals surface area contributed by atoms with Crippen LogP contribution in [-0.2, 0) is 11.8 Å². The smallest absolute Gasteiger partial charge is 0.407 e. The van der Waals surface area contributed by atoms with Gasteiger partial charge in [-0.05, 0) is 6.92 Å². The summed E-state index contributed by atoms with van der Waals surface area (Å²) in [7, 11) is 1.76. The molecule has 1 aliphatic rings. The molecule has 0 saturated carbocycles. The first-order chi connectivity index (χ1) is 6.59. The van der Waals surface area contributed by atoms with E-state index < -0.39 is 6.09 Å². The zero-order chi connectivity index (χ0) is 10.3. The second-order valence-corrected chi connectivity index (χ2v) is 3.57. The van der Waals surface area contributed by atoms with E-state index in [-0.39, 0.29) is 6.04 Å². The molecule has 1 unspecified atom stereocenters. The Labute approximate surface area is 86.0 Å². The van der Waals surface area contributed by atoms with E-state index in [1.54, 1.807) is 11.7 Å². The highest BCUT2D eigenvalue weighted by Crippen LogP contribution is 2.28. The number of hydrogen-bond donors (Lipinski definition) is 1. The monoisotopic (exact) mass is 215 g/mol. The summed E-state index contributed by atoms with van der Waals surface area (Å²) in [5, 5.41) is 7.36. The third kappa shape index (κ3) is 1.33. The van der Waals surface area contributed by atoms with Crippen LogP contribution in [0.4, 0.5) is 4.79 Å². The Balaban J connectivity index is 2.36. The quantitative estimate of drug-likeness (QED) is 0.765. The van der Waals surface area contributed by atoms with E-state index in [2.05, 4.69) is 10.4 Å². The standard InChI is InChI=1S/C8H10ClN3O2/c1-4-6(7(9)12(2)11-4)5-3-14-8(13)10-5/h5H,3H2,1-2H3,(H,10,13). The lowest BCUT2D eigenvalue weighted by molar-refractivity contribution is 0.177. The van der Waals surface area contributed by atoms with Gasteiger partial charge in [0.1, 0.15) is 11.8 Å². The minimum absolute atomic E-state index is 0.177. The molecule has 2 rings (SSSR count). The first-order valence-electron chi connectivity index (χ1n) is 4.22. The molecule has 0 aliphatic carbocycles. The topological polar surface area (TPSA) is 56.2 Å². The molecule has 0 aromatic carbocycles. The van der Waals surface area contributed by atoms with Gasteiger partial charge in [-0.25, -0.2) is 4.79 Å². The largest absolute Gasteiger partial charge is 0.447 e. The van der Waals surface area contributed by atoms with Crippen LogP contribution >= 0.6 is 11.6 Å². The van der Waals surface area contributed by atoms with Gasteiger partial charge in [0.15, 0.2) is 0 Å². The van der Waals surface area contributed by atoms with Gasteiger partial charge in [-0.1, -0.05) is 11.6 Å². The van der Waals surface area contributed by atoms with Crippen molar-refractivity contribution in [1.82, 2.24) is 15.1 Å². The minimum Gasteiger partial charge on any atom is -0.447 e. The molecule has 0 radical (unpaired) electrons. The zero-order valence-electron chi connectivity index (χ0n) is 7.87. The maximum Gasteiger partial charge on any atom is 0.407 e. The molecule has 5 nitrogen and oxygen atoms in total. The number of nitrogens with one attached hydrogen (secondary N) is 1. The second kappa shape index (κ2) is 3.16. The number of halogens is 1. The van der Waals surface area contributed by atoms with E-state index in [1.165, 1.54) is 0 Å². The van der Waals surface area contributed by atoms with E-state index in [1.807, 2.05) is 6.92 Å². The Bertz CT molecular complexity index is 388. The van der Waals surface area contributed by atoms with Gasteiger partial charge in [-0.2, -0.15) is 5.10 Å². The fourth-order valence-corrected chi connectivity index (χ4v) is 1.89. The number of aromatic nitrogens is 2. The van der Waals surface area contributed by atoms with E-state index in [0.29, 0.717) is 11.8 Å². The van der Waals surface area contributed by atoms with Crippen LogP contribution < -0.4 is 5.32 Å². The van der Waals surface area contributed by atoms with E-state index in [9.17, 15) is 4.79 Å². The van der Waals surface area contributed by atoms with Crippen LogP contribution in [-0.4, -0.2) is 22.5 Å². The van der Waals surface area contributed by atoms with Crippen molar-refractivity contribution in [2.75, 3.05) is 6.61 Å². The number of cyclic esters (lactones) is 1. The first kappa shape index (κ1) is 9.33. The minimum atomic E-state index is -0.408. The highest BCUT2D eigenvalue weighted by Gasteiger charge is 2.29. The van der Waals surface area contributed by atoms with Crippen LogP contribution in [0.2, 0.25) is 5.15 Å². The lowest BCUT2D eigenvalue weighted by Gasteiger charge is -2.05. The summed E-state index contributed by atoms with van der Waals surface area (Å²) in [4.78, 5) is 10.9. The number of carbonyl (C=O) groups is 1. The number of aryl methyl sites for hydroxylation is 2. The first-order valence-corrected chi connectivity index (χ1v) is 4.59. The van der Waals surface area contributed by atoms with Crippen molar-refractivity contribution < 1.29 is 9.53 Å². The molecule has 6 heteroatoms. The van der Waals surface area contributed by atoms with E-state index in [4.69, 9.17) is 16.3 Å². The number of amides is 1. The number of carbonyl (C=O) groups excluding carboxylic acids is 1. The van der Waals surface area contributed by atoms with Crippen LogP contribution in [0, 0.1) is 6.92 Å². The van der Waals surface area contributed by atoms with Crippen molar-refractivity contribution in [3.8, 4) is 0 Å². The Kier molecular flexibility index (Phi) is 2.11. The average molecular weight is 216 g/mol. The van der Waals surface area contributed by atoms with Crippen LogP contribution in [0.5, 0.6) is 0 Å². The lowest BCUT2D eigenvalue weighted by Crippen LogP contribution is -2.18. The molecule has 1 fully saturated rings. The summed E-state index contributed by atoms with van der Waals surface area (Å²) in [6.45, 7) is 2.16. The van der Waals surface area contributed by atoms with Crippen LogP contribution in [0.15, 0.2) is 0 Å². The molecule has 0 bridgehead atoms. The molecule has 76 valence electrons. The number of ether oxygens (including phenoxy) is 1. The van der Waals surface area contributed by atoms with Gasteiger partial charge in [-0.3, -0.25) is 4.68 Å². The lowest BCUT2D eigenvalue weighted by atomic mass is 10.1. The molecule has 1 aliphatic heterocycles. The Hall–Kier alpha value is -1.23. The summed E-state index contributed by atoms with van der Waals surface area (Å²) in [5.74, 6) is 0. The van der Waals surface area contributed by atoms with E-state index >= 15 is 0 Å². The Morgan fingerprint density at radius 2 is 2.43 bits per heavy atom. The van der Waals surface area contributed by atoms with Gasteiger partial charge in [0, 0.05) is 12.6 Å². The highest BCUT2D eigenvalue weighted by molar-refractivity contribution is 6.30. The molecule has 1 aromatic rings. The van der Waals surface area contributed by atoms with Crippen LogP contribution in [0.3, 0.4) is 0 Å². The summed E-state index contributed by atoms with van der Waals surface area (Å²) in [5.41, 5.74) is 1.65. The molecule has 2 heterocycles. The fourth-order valence-electron chi connectivity index (χ4n) is 1.58. The van der Waals surface area contributed by atoms with Crippen molar-refractivity contribution in [3.05, 3.63) is 16.4 Å². The molecule has 1 N–H and O–H groups in total. The van der Waals surface area contributed by atoms with Crippen molar-refractivity contribution >= 4 is 17.7 Å². The summed E-state index contributed by atoms with van der Waals surface area (Å²) < 4.78 is 6.37. The van der Waals surface area contributed by atoms with Crippen molar-refractivity contribution in [1.29, 1.82) is 0 Å². The summed E-state index contributed by atoms with van der Waals surface area (Å²) >= 11 is 6.04. The summed E-state index contributed by atoms with van der Waals surface area (Å²) in [6.07, 6.45) is -0.408. The van der Waals surface area contributed by atoms with Crippen molar-refractivity contribution in [2.24, 2.45) is 7.05 Å². The SMILES string of the molecule is Cc1nn(C)c(Cl)c1C1COC(=O)N1. The van der Waals surface area contributed by atoms with Crippen molar-refractivity contribution in [3.63, 3.8) is 0 Å². The molecular weight excluding hydrogens is 206 g/mol. The van der Waals surface area contributed by atoms with Crippen LogP contribution in [0.1, 0.15) is 17.3 Å². The maximum atomic E-state index is 10.9. The van der Waals surface area contributed by atoms with Gasteiger partial charge in [0.2, 0.25) is 0 Å². The molecule has 1 saturated heterocycles. The van der Waals surface area contributed by atoms with Gasteiger partial charge in [0.05, 0.1) is 11.7 Å². The predicted molar refractivity (Wildman–Crippen MR) is 50.2 cm³/mol. The van der Waals surface area contributed by atoms with Gasteiger partial charge in [-0.15, -0.1) is 0 Å². The molecule has 1 amide bonds. The van der Waals surface area contributed by atoms with Gasteiger partial charge in [0.25, 0.3) is 0 Å². The molecular formula is C8H10ClN3O2. The fraction of sp³-hybridized carbons (Fsp3) is 0.500. The predicted octanol–water partition coefficient (Wildman–Crippen LogP) is 1.16. The number of hydrogen-bond acceptors (Lipinski definition) is 3. The molecule has 0 spiro atoms. The third-order valence-electron chi connectivity index (χ3n) is 2.22. The maximum absolute atomic E-state index is 10.9. The molecule has 14 heavy (non-hydrogen) atoms. The number of alkyl carbamates (subject to hydrolysis) is 1. The van der Waals surface area contributed by atoms with Gasteiger partial charge < -0.3 is 10.1 Å². The summed E-state index contributed by atoms with van der Waals surface area (Å²) in [6, 6.07) is -0.177. The normalized spacial score (nSPS) is 20.8. The average Bonchev–Trinajstić information content (AvgIpc) is 2.60. The second-order valence-electron chi connectivity index (χ2n) is 3.21. The zero-order valence-corrected chi connectivity index (χ0v) is 8.63. The molecule has 1 atom stereocenters. The van der Waals surface area contributed by atoms with Crippen LogP contribution in [0.25, 0.3) is 0 Å². The molecule has 1 aromatic heterocycles. The Morgan fingerprint density at radius 1 is 1.71 bits per heavy atom. The number of rotatable bonds is 1. The van der Waals surface area contributed by atoms with Crippen molar-refractivity contribution in [2.45, 2.75) is 13.0 Å².